The summed E-state index contributed by atoms with van der Waals surface area (Å²) in [7, 11) is 0. The fourth-order valence-corrected chi connectivity index (χ4v) is 5.55. The Hall–Kier alpha value is -3.66. The highest BCUT2D eigenvalue weighted by molar-refractivity contribution is 6.31. The van der Waals surface area contributed by atoms with Crippen LogP contribution < -0.4 is 15.1 Å². The first-order valence-corrected chi connectivity index (χ1v) is 13.1. The Morgan fingerprint density at radius 3 is 2.46 bits per heavy atom. The number of carbonyl (C=O) groups excluding carboxylic acids is 2. The lowest BCUT2D eigenvalue weighted by atomic mass is 9.87. The van der Waals surface area contributed by atoms with Crippen molar-refractivity contribution in [3.63, 3.8) is 0 Å². The average molecular weight is 558 g/mol. The lowest BCUT2D eigenvalue weighted by Crippen LogP contribution is -2.56. The molecule has 0 radical (unpaired) electrons. The zero-order chi connectivity index (χ0) is 27.7. The van der Waals surface area contributed by atoms with Crippen LogP contribution in [0.2, 0.25) is 5.02 Å². The maximum atomic E-state index is 14.5. The second-order valence-electron chi connectivity index (χ2n) is 9.98. The molecule has 3 atom stereocenters. The minimum Gasteiger partial charge on any atom is -0.351 e. The van der Waals surface area contributed by atoms with Crippen molar-refractivity contribution in [2.75, 3.05) is 9.80 Å². The maximum Gasteiger partial charge on any atom is 0.252 e. The van der Waals surface area contributed by atoms with Gasteiger partial charge in [0.05, 0.1) is 0 Å². The van der Waals surface area contributed by atoms with Crippen molar-refractivity contribution in [2.45, 2.75) is 62.7 Å². The molecule has 11 heteroatoms. The van der Waals surface area contributed by atoms with Gasteiger partial charge < -0.3 is 10.2 Å². The number of alkyl halides is 2. The Bertz CT molecular complexity index is 1350. The number of benzene rings is 2. The van der Waals surface area contributed by atoms with Crippen molar-refractivity contribution in [2.24, 2.45) is 0 Å². The molecule has 2 heterocycles. The highest BCUT2D eigenvalue weighted by atomic mass is 35.5. The van der Waals surface area contributed by atoms with Gasteiger partial charge in [-0.15, -0.1) is 0 Å². The van der Waals surface area contributed by atoms with E-state index < -0.39 is 54.5 Å². The topological polar surface area (TPSA) is 78.4 Å². The number of hydrogen-bond donors (Lipinski definition) is 1. The quantitative estimate of drug-likeness (QED) is 0.426. The molecule has 1 aromatic heterocycles. The second-order valence-corrected chi connectivity index (χ2v) is 10.4. The van der Waals surface area contributed by atoms with Crippen molar-refractivity contribution in [1.29, 1.82) is 0 Å². The molecule has 39 heavy (non-hydrogen) atoms. The summed E-state index contributed by atoms with van der Waals surface area (Å²) in [6.07, 6.45) is 3.26. The van der Waals surface area contributed by atoms with Crippen molar-refractivity contribution < 1.29 is 22.8 Å². The smallest absolute Gasteiger partial charge is 0.252 e. The van der Waals surface area contributed by atoms with Crippen LogP contribution in [0.15, 0.2) is 67.0 Å². The van der Waals surface area contributed by atoms with Crippen LogP contribution in [0.25, 0.3) is 0 Å². The van der Waals surface area contributed by atoms with Crippen LogP contribution >= 0.6 is 11.6 Å². The standard InChI is InChI=1S/C28H27ClF3N5O2/c1-17-10-11-23(36(17)27-33-12-5-13-34-27)26(39)37(20-7-4-6-18(30)14-20)24(21-8-2-3-9-22(21)29)25(38)35-19-15-28(31,32)16-19/h2-9,12-14,17,19,23-24H,10-11,15-16H2,1H3,(H,35,38)/t17-,23-,24+/m0/s1. The Balaban J connectivity index is 1.59. The van der Waals surface area contributed by atoms with Gasteiger partial charge in [-0.3, -0.25) is 14.5 Å². The zero-order valence-electron chi connectivity index (χ0n) is 21.1. The Kier molecular flexibility index (Phi) is 7.48. The second kappa shape index (κ2) is 10.8. The Morgan fingerprint density at radius 2 is 1.79 bits per heavy atom. The number of nitrogens with zero attached hydrogens (tertiary/aromatic N) is 4. The third-order valence-corrected chi connectivity index (χ3v) is 7.55. The Labute approximate surface area is 229 Å². The van der Waals surface area contributed by atoms with Gasteiger partial charge in [0.1, 0.15) is 17.9 Å². The molecule has 0 bridgehead atoms. The van der Waals surface area contributed by atoms with E-state index in [0.717, 1.165) is 6.07 Å². The molecule has 1 saturated carbocycles. The number of anilines is 2. The number of amides is 2. The molecule has 1 aliphatic carbocycles. The minimum absolute atomic E-state index is 0.0829. The predicted molar refractivity (Wildman–Crippen MR) is 141 cm³/mol. The normalized spacial score (nSPS) is 21.2. The number of rotatable bonds is 7. The van der Waals surface area contributed by atoms with Crippen LogP contribution in [0.1, 0.15) is 44.2 Å². The summed E-state index contributed by atoms with van der Waals surface area (Å²) in [4.78, 5) is 39.9. The monoisotopic (exact) mass is 557 g/mol. The fraction of sp³-hybridized carbons (Fsp3) is 0.357. The highest BCUT2D eigenvalue weighted by Crippen LogP contribution is 2.40. The molecule has 3 aromatic rings. The third-order valence-electron chi connectivity index (χ3n) is 7.20. The van der Waals surface area contributed by atoms with Gasteiger partial charge in [-0.2, -0.15) is 0 Å². The van der Waals surface area contributed by atoms with Crippen LogP contribution in [0.4, 0.5) is 24.8 Å². The van der Waals surface area contributed by atoms with Crippen molar-refractivity contribution in [3.8, 4) is 0 Å². The minimum atomic E-state index is -2.86. The van der Waals surface area contributed by atoms with Crippen LogP contribution in [0.5, 0.6) is 0 Å². The maximum absolute atomic E-state index is 14.5. The van der Waals surface area contributed by atoms with Gasteiger partial charge in [0.25, 0.3) is 11.8 Å². The summed E-state index contributed by atoms with van der Waals surface area (Å²) >= 11 is 6.53. The van der Waals surface area contributed by atoms with Gasteiger partial charge >= 0.3 is 0 Å². The van der Waals surface area contributed by atoms with Gasteiger partial charge in [-0.25, -0.2) is 23.1 Å². The molecule has 2 amide bonds. The lowest BCUT2D eigenvalue weighted by Gasteiger charge is -2.39. The molecule has 2 fully saturated rings. The number of hydrogen-bond acceptors (Lipinski definition) is 5. The Morgan fingerprint density at radius 1 is 1.08 bits per heavy atom. The molecule has 1 N–H and O–H groups in total. The first-order valence-electron chi connectivity index (χ1n) is 12.7. The molecule has 0 spiro atoms. The van der Waals surface area contributed by atoms with Crippen molar-refractivity contribution in [3.05, 3.63) is 83.4 Å². The molecule has 2 aliphatic rings. The van der Waals surface area contributed by atoms with Gasteiger partial charge in [0, 0.05) is 53.6 Å². The van der Waals surface area contributed by atoms with Crippen molar-refractivity contribution in [1.82, 2.24) is 15.3 Å². The summed E-state index contributed by atoms with van der Waals surface area (Å²) in [6.45, 7) is 1.95. The van der Waals surface area contributed by atoms with Crippen molar-refractivity contribution >= 4 is 35.1 Å². The average Bonchev–Trinajstić information content (AvgIpc) is 3.28. The zero-order valence-corrected chi connectivity index (χ0v) is 21.9. The van der Waals surface area contributed by atoms with E-state index in [-0.39, 0.29) is 22.3 Å². The van der Waals surface area contributed by atoms with E-state index in [0.29, 0.717) is 18.8 Å². The fourth-order valence-electron chi connectivity index (χ4n) is 5.32. The van der Waals surface area contributed by atoms with Crippen LogP contribution in [-0.4, -0.2) is 45.8 Å². The van der Waals surface area contributed by atoms with E-state index in [1.54, 1.807) is 47.6 Å². The molecular weight excluding hydrogens is 531 g/mol. The van der Waals surface area contributed by atoms with E-state index in [1.807, 2.05) is 6.92 Å². The van der Waals surface area contributed by atoms with E-state index in [4.69, 9.17) is 11.6 Å². The van der Waals surface area contributed by atoms with Crippen LogP contribution in [-0.2, 0) is 9.59 Å². The molecule has 204 valence electrons. The number of carbonyl (C=O) groups is 2. The van der Waals surface area contributed by atoms with Crippen LogP contribution in [0, 0.1) is 5.82 Å². The van der Waals surface area contributed by atoms with E-state index >= 15 is 0 Å². The number of nitrogens with one attached hydrogen (secondary N) is 1. The molecule has 1 saturated heterocycles. The molecular formula is C28H27ClF3N5O2. The van der Waals surface area contributed by atoms with E-state index in [9.17, 15) is 22.8 Å². The van der Waals surface area contributed by atoms with Gasteiger partial charge in [-0.05, 0) is 50.1 Å². The van der Waals surface area contributed by atoms with Gasteiger partial charge in [0.2, 0.25) is 11.9 Å². The first-order chi connectivity index (χ1) is 18.6. The summed E-state index contributed by atoms with van der Waals surface area (Å²) in [5.41, 5.74) is 0.418. The molecule has 1 aliphatic heterocycles. The SMILES string of the molecule is C[C@H]1CC[C@@H](C(=O)N(c2cccc(F)c2)[C@@H](C(=O)NC2CC(F)(F)C2)c2ccccc2Cl)N1c1ncccn1. The molecule has 0 unspecified atom stereocenters. The largest absolute Gasteiger partial charge is 0.351 e. The number of halogens is 4. The predicted octanol–water partition coefficient (Wildman–Crippen LogP) is 5.31. The first kappa shape index (κ1) is 26.9. The summed E-state index contributed by atoms with van der Waals surface area (Å²) < 4.78 is 41.6. The summed E-state index contributed by atoms with van der Waals surface area (Å²) in [5, 5.41) is 2.86. The molecule has 5 rings (SSSR count). The molecule has 7 nitrogen and oxygen atoms in total. The molecule has 2 aromatic carbocycles. The van der Waals surface area contributed by atoms with E-state index in [2.05, 4.69) is 15.3 Å². The summed E-state index contributed by atoms with van der Waals surface area (Å²) in [5.74, 6) is -4.28. The van der Waals surface area contributed by atoms with E-state index in [1.165, 1.54) is 23.1 Å². The highest BCUT2D eigenvalue weighted by Gasteiger charge is 2.48. The number of aromatic nitrogens is 2. The third kappa shape index (κ3) is 5.56. The van der Waals surface area contributed by atoms with Gasteiger partial charge in [0.15, 0.2) is 0 Å². The lowest BCUT2D eigenvalue weighted by molar-refractivity contribution is -0.133. The summed E-state index contributed by atoms with van der Waals surface area (Å²) in [6, 6.07) is 10.6. The van der Waals surface area contributed by atoms with Crippen LogP contribution in [0.3, 0.4) is 0 Å². The van der Waals surface area contributed by atoms with Gasteiger partial charge in [-0.1, -0.05) is 35.9 Å².